The Hall–Kier alpha value is -1.32. The van der Waals surface area contributed by atoms with Crippen molar-refractivity contribution in [3.8, 4) is 0 Å². The first-order chi connectivity index (χ1) is 7.72. The van der Waals surface area contributed by atoms with Gasteiger partial charge in [-0.25, -0.2) is 9.78 Å². The molecule has 0 bridgehead atoms. The third kappa shape index (κ3) is 2.10. The molecule has 0 atom stereocenters. The van der Waals surface area contributed by atoms with E-state index in [9.17, 15) is 4.79 Å². The van der Waals surface area contributed by atoms with Gasteiger partial charge in [0.1, 0.15) is 5.76 Å². The van der Waals surface area contributed by atoms with Crippen molar-refractivity contribution < 1.29 is 14.3 Å². The van der Waals surface area contributed by atoms with Gasteiger partial charge in [0.2, 0.25) is 0 Å². The maximum atomic E-state index is 10.8. The highest BCUT2D eigenvalue weighted by Crippen LogP contribution is 2.34. The molecule has 0 amide bonds. The second kappa shape index (κ2) is 4.68. The number of aryl methyl sites for hydroxylation is 1. The topological polar surface area (TPSA) is 63.3 Å². The van der Waals surface area contributed by atoms with Crippen LogP contribution < -0.4 is 0 Å². The Morgan fingerprint density at radius 3 is 2.69 bits per heavy atom. The molecule has 16 heavy (non-hydrogen) atoms. The van der Waals surface area contributed by atoms with Gasteiger partial charge < -0.3 is 9.52 Å². The molecule has 0 spiro atoms. The molecule has 1 N–H and O–H groups in total. The monoisotopic (exact) mass is 223 g/mol. The van der Waals surface area contributed by atoms with Crippen LogP contribution in [0.3, 0.4) is 0 Å². The summed E-state index contributed by atoms with van der Waals surface area (Å²) in [5.41, 5.74) is 0.889. The van der Waals surface area contributed by atoms with E-state index >= 15 is 0 Å². The highest BCUT2D eigenvalue weighted by molar-refractivity contribution is 5.82. The minimum absolute atomic E-state index is 0.155. The van der Waals surface area contributed by atoms with Gasteiger partial charge in [-0.1, -0.05) is 26.2 Å². The summed E-state index contributed by atoms with van der Waals surface area (Å²) in [5.74, 6) is -0.0703. The summed E-state index contributed by atoms with van der Waals surface area (Å²) >= 11 is 0. The van der Waals surface area contributed by atoms with Crippen LogP contribution in [-0.2, 0) is 6.42 Å². The van der Waals surface area contributed by atoms with E-state index < -0.39 is 5.97 Å². The molecule has 1 aliphatic carbocycles. The Morgan fingerprint density at radius 1 is 1.44 bits per heavy atom. The lowest BCUT2D eigenvalue weighted by molar-refractivity contribution is 0.0651. The predicted octanol–water partition coefficient (Wildman–Crippen LogP) is 2.98. The largest absolute Gasteiger partial charge is 0.474 e. The zero-order valence-electron chi connectivity index (χ0n) is 9.53. The average Bonchev–Trinajstić information content (AvgIpc) is 2.74. The third-order valence-electron chi connectivity index (χ3n) is 3.22. The van der Waals surface area contributed by atoms with Gasteiger partial charge in [-0.2, -0.15) is 0 Å². The summed E-state index contributed by atoms with van der Waals surface area (Å²) in [5, 5.41) is 8.86. The van der Waals surface area contributed by atoms with Gasteiger partial charge in [-0.15, -0.1) is 0 Å². The Balaban J connectivity index is 2.26. The number of hydrogen-bond acceptors (Lipinski definition) is 3. The zero-order valence-corrected chi connectivity index (χ0v) is 9.53. The third-order valence-corrected chi connectivity index (χ3v) is 3.22. The summed E-state index contributed by atoms with van der Waals surface area (Å²) in [7, 11) is 0. The molecule has 2 rings (SSSR count). The fourth-order valence-electron chi connectivity index (χ4n) is 2.40. The van der Waals surface area contributed by atoms with Crippen molar-refractivity contribution in [3.05, 3.63) is 17.3 Å². The number of rotatable bonds is 3. The van der Waals surface area contributed by atoms with Crippen molar-refractivity contribution in [2.45, 2.75) is 51.4 Å². The summed E-state index contributed by atoms with van der Waals surface area (Å²) < 4.78 is 5.27. The maximum Gasteiger partial charge on any atom is 0.392 e. The van der Waals surface area contributed by atoms with E-state index in [1.807, 2.05) is 6.92 Å². The standard InChI is InChI=1S/C12H17NO3/c1-2-9-10(8-6-4-3-5-7-8)13-11(16-9)12(14)15/h8H,2-7H2,1H3,(H,14,15). The molecule has 1 fully saturated rings. The molecular weight excluding hydrogens is 206 g/mol. The molecule has 0 aliphatic heterocycles. The lowest BCUT2D eigenvalue weighted by atomic mass is 9.86. The second-order valence-electron chi connectivity index (χ2n) is 4.32. The van der Waals surface area contributed by atoms with Gasteiger partial charge >= 0.3 is 11.9 Å². The normalized spacial score (nSPS) is 17.6. The first kappa shape index (κ1) is 11.2. The van der Waals surface area contributed by atoms with Crippen molar-refractivity contribution in [1.82, 2.24) is 4.98 Å². The van der Waals surface area contributed by atoms with Gasteiger partial charge in [-0.3, -0.25) is 0 Å². The quantitative estimate of drug-likeness (QED) is 0.855. The lowest BCUT2D eigenvalue weighted by Gasteiger charge is -2.19. The van der Waals surface area contributed by atoms with E-state index in [1.54, 1.807) is 0 Å². The van der Waals surface area contributed by atoms with E-state index in [1.165, 1.54) is 19.3 Å². The lowest BCUT2D eigenvalue weighted by Crippen LogP contribution is -2.07. The molecule has 0 saturated heterocycles. The van der Waals surface area contributed by atoms with E-state index in [2.05, 4.69) is 4.98 Å². The van der Waals surface area contributed by atoms with E-state index in [0.29, 0.717) is 12.3 Å². The Labute approximate surface area is 94.7 Å². The molecule has 0 aromatic carbocycles. The molecule has 4 nitrogen and oxygen atoms in total. The molecule has 0 radical (unpaired) electrons. The molecule has 1 aromatic rings. The number of nitrogens with zero attached hydrogens (tertiary/aromatic N) is 1. The summed E-state index contributed by atoms with van der Waals surface area (Å²) in [6.07, 6.45) is 6.64. The molecule has 0 unspecified atom stereocenters. The highest BCUT2D eigenvalue weighted by atomic mass is 16.4. The summed E-state index contributed by atoms with van der Waals surface area (Å²) in [6.45, 7) is 1.97. The number of carbonyl (C=O) groups is 1. The molecule has 1 aromatic heterocycles. The number of carboxylic acid groups (broad SMARTS) is 1. The Kier molecular flexibility index (Phi) is 3.27. The van der Waals surface area contributed by atoms with Crippen LogP contribution in [0.4, 0.5) is 0 Å². The number of carboxylic acids is 1. The zero-order chi connectivity index (χ0) is 11.5. The second-order valence-corrected chi connectivity index (χ2v) is 4.32. The SMILES string of the molecule is CCc1oc(C(=O)O)nc1C1CCCCC1. The van der Waals surface area contributed by atoms with Crippen LogP contribution in [0.25, 0.3) is 0 Å². The number of hydrogen-bond donors (Lipinski definition) is 1. The van der Waals surface area contributed by atoms with Gasteiger partial charge in [0.05, 0.1) is 5.69 Å². The van der Waals surface area contributed by atoms with Crippen LogP contribution in [0, 0.1) is 0 Å². The van der Waals surface area contributed by atoms with Crippen LogP contribution in [0.2, 0.25) is 0 Å². The van der Waals surface area contributed by atoms with E-state index in [0.717, 1.165) is 24.3 Å². The van der Waals surface area contributed by atoms with Crippen molar-refractivity contribution in [3.63, 3.8) is 0 Å². The fourth-order valence-corrected chi connectivity index (χ4v) is 2.40. The van der Waals surface area contributed by atoms with Crippen LogP contribution >= 0.6 is 0 Å². The number of aromatic nitrogens is 1. The Bertz CT molecular complexity index is 378. The van der Waals surface area contributed by atoms with Crippen molar-refractivity contribution in [2.75, 3.05) is 0 Å². The van der Waals surface area contributed by atoms with Crippen LogP contribution in [0.1, 0.15) is 67.1 Å². The minimum atomic E-state index is -1.07. The number of oxazole rings is 1. The predicted molar refractivity (Wildman–Crippen MR) is 58.7 cm³/mol. The van der Waals surface area contributed by atoms with Gasteiger partial charge in [-0.05, 0) is 12.8 Å². The first-order valence-electron chi connectivity index (χ1n) is 5.95. The molecule has 88 valence electrons. The molecular formula is C12H17NO3. The van der Waals surface area contributed by atoms with Crippen molar-refractivity contribution >= 4 is 5.97 Å². The maximum absolute atomic E-state index is 10.8. The first-order valence-corrected chi connectivity index (χ1v) is 5.95. The fraction of sp³-hybridized carbons (Fsp3) is 0.667. The van der Waals surface area contributed by atoms with Gasteiger partial charge in [0.15, 0.2) is 0 Å². The molecule has 4 heteroatoms. The molecule has 1 aliphatic rings. The van der Waals surface area contributed by atoms with Crippen LogP contribution in [-0.4, -0.2) is 16.1 Å². The average molecular weight is 223 g/mol. The van der Waals surface area contributed by atoms with E-state index in [-0.39, 0.29) is 5.89 Å². The molecule has 1 heterocycles. The number of aromatic carboxylic acids is 1. The van der Waals surface area contributed by atoms with Crippen molar-refractivity contribution in [1.29, 1.82) is 0 Å². The smallest absolute Gasteiger partial charge is 0.392 e. The van der Waals surface area contributed by atoms with Crippen LogP contribution in [0.5, 0.6) is 0 Å². The van der Waals surface area contributed by atoms with Crippen molar-refractivity contribution in [2.24, 2.45) is 0 Å². The summed E-state index contributed by atoms with van der Waals surface area (Å²) in [6, 6.07) is 0. The minimum Gasteiger partial charge on any atom is -0.474 e. The summed E-state index contributed by atoms with van der Waals surface area (Å²) in [4.78, 5) is 14.9. The van der Waals surface area contributed by atoms with Gasteiger partial charge in [0.25, 0.3) is 0 Å². The highest BCUT2D eigenvalue weighted by Gasteiger charge is 2.25. The van der Waals surface area contributed by atoms with Crippen LogP contribution in [0.15, 0.2) is 4.42 Å². The van der Waals surface area contributed by atoms with Gasteiger partial charge in [0, 0.05) is 12.3 Å². The molecule has 1 saturated carbocycles. The van der Waals surface area contributed by atoms with E-state index in [4.69, 9.17) is 9.52 Å². The Morgan fingerprint density at radius 2 is 2.12 bits per heavy atom.